The van der Waals surface area contributed by atoms with E-state index >= 15 is 0 Å². The van der Waals surface area contributed by atoms with Crippen molar-refractivity contribution in [1.29, 1.82) is 0 Å². The second-order valence-electron chi connectivity index (χ2n) is 4.89. The van der Waals surface area contributed by atoms with Gasteiger partial charge in [0.15, 0.2) is 11.6 Å². The van der Waals surface area contributed by atoms with Gasteiger partial charge in [0.1, 0.15) is 0 Å². The minimum Gasteiger partial charge on any atom is -0.494 e. The zero-order valence-electron chi connectivity index (χ0n) is 12.0. The van der Waals surface area contributed by atoms with Crippen molar-refractivity contribution in [1.82, 2.24) is 4.98 Å². The molecular weight excluding hydrogens is 243 g/mol. The summed E-state index contributed by atoms with van der Waals surface area (Å²) in [4.78, 5) is 4.51. The molecule has 0 aliphatic heterocycles. The van der Waals surface area contributed by atoms with Gasteiger partial charge in [-0.05, 0) is 24.5 Å². The summed E-state index contributed by atoms with van der Waals surface area (Å²) in [6, 6.07) is 3.13. The molecule has 3 nitrogen and oxygen atoms in total. The lowest BCUT2D eigenvalue weighted by molar-refractivity contribution is 0.387. The van der Waals surface area contributed by atoms with Crippen molar-refractivity contribution in [2.45, 2.75) is 26.7 Å². The molecule has 4 heteroatoms. The Balaban J connectivity index is 2.87. The number of hydrogen-bond donors (Lipinski definition) is 1. The quantitative estimate of drug-likeness (QED) is 0.912. The lowest BCUT2D eigenvalue weighted by Gasteiger charge is -2.18. The Bertz CT molecular complexity index is 623. The monoisotopic (exact) mass is 262 g/mol. The minimum atomic E-state index is -0.388. The van der Waals surface area contributed by atoms with Crippen LogP contribution in [0.2, 0.25) is 0 Å². The Morgan fingerprint density at radius 2 is 2.00 bits per heavy atom. The number of benzene rings is 1. The first-order valence-corrected chi connectivity index (χ1v) is 6.35. The van der Waals surface area contributed by atoms with Crippen molar-refractivity contribution in [3.05, 3.63) is 29.2 Å². The molecule has 0 spiro atoms. The van der Waals surface area contributed by atoms with Crippen molar-refractivity contribution in [2.24, 2.45) is 0 Å². The molecule has 0 saturated carbocycles. The number of ether oxygens (including phenoxy) is 1. The maximum absolute atomic E-state index is 13.8. The Hall–Kier alpha value is -1.84. The highest BCUT2D eigenvalue weighted by molar-refractivity contribution is 5.94. The van der Waals surface area contributed by atoms with Crippen molar-refractivity contribution in [2.75, 3.05) is 19.5 Å². The van der Waals surface area contributed by atoms with Gasteiger partial charge in [0.2, 0.25) is 0 Å². The maximum atomic E-state index is 13.8. The van der Waals surface area contributed by atoms with Crippen LogP contribution < -0.4 is 10.1 Å². The van der Waals surface area contributed by atoms with E-state index < -0.39 is 0 Å². The molecule has 0 unspecified atom stereocenters. The van der Waals surface area contributed by atoms with Crippen molar-refractivity contribution >= 4 is 16.6 Å². The SMILES string of the molecule is CNc1c(C(C)C)c(C)nc2cc(F)c(OC)cc12. The van der Waals surface area contributed by atoms with E-state index in [-0.39, 0.29) is 11.6 Å². The number of methoxy groups -OCH3 is 1. The highest BCUT2D eigenvalue weighted by Gasteiger charge is 2.16. The van der Waals surface area contributed by atoms with E-state index in [2.05, 4.69) is 24.1 Å². The zero-order chi connectivity index (χ0) is 14.2. The number of nitrogens with one attached hydrogen (secondary N) is 1. The largest absolute Gasteiger partial charge is 0.494 e. The number of anilines is 1. The number of aryl methyl sites for hydroxylation is 1. The summed E-state index contributed by atoms with van der Waals surface area (Å²) in [6.45, 7) is 6.20. The first-order valence-electron chi connectivity index (χ1n) is 6.35. The van der Waals surface area contributed by atoms with E-state index in [4.69, 9.17) is 4.74 Å². The van der Waals surface area contributed by atoms with Crippen LogP contribution >= 0.6 is 0 Å². The van der Waals surface area contributed by atoms with Crippen LogP contribution in [0, 0.1) is 12.7 Å². The predicted molar refractivity (Wildman–Crippen MR) is 76.6 cm³/mol. The van der Waals surface area contributed by atoms with Gasteiger partial charge in [-0.2, -0.15) is 0 Å². The number of nitrogens with zero attached hydrogens (tertiary/aromatic N) is 1. The van der Waals surface area contributed by atoms with Gasteiger partial charge in [0, 0.05) is 29.9 Å². The van der Waals surface area contributed by atoms with Crippen LogP contribution in [0.3, 0.4) is 0 Å². The number of hydrogen-bond acceptors (Lipinski definition) is 3. The summed E-state index contributed by atoms with van der Waals surface area (Å²) in [5.41, 5.74) is 3.72. The highest BCUT2D eigenvalue weighted by Crippen LogP contribution is 2.35. The van der Waals surface area contributed by atoms with E-state index in [9.17, 15) is 4.39 Å². The van der Waals surface area contributed by atoms with Gasteiger partial charge in [0.25, 0.3) is 0 Å². The Kier molecular flexibility index (Phi) is 3.60. The number of pyridine rings is 1. The van der Waals surface area contributed by atoms with Crippen molar-refractivity contribution in [3.63, 3.8) is 0 Å². The van der Waals surface area contributed by atoms with Crippen LogP contribution in [-0.4, -0.2) is 19.1 Å². The normalized spacial score (nSPS) is 11.1. The lowest BCUT2D eigenvalue weighted by atomic mass is 9.96. The Morgan fingerprint density at radius 3 is 2.53 bits per heavy atom. The highest BCUT2D eigenvalue weighted by atomic mass is 19.1. The summed E-state index contributed by atoms with van der Waals surface area (Å²) in [5, 5.41) is 4.10. The van der Waals surface area contributed by atoms with Crippen molar-refractivity contribution < 1.29 is 9.13 Å². The fourth-order valence-electron chi connectivity index (χ4n) is 2.53. The molecule has 1 aromatic heterocycles. The molecule has 2 aromatic rings. The average Bonchev–Trinajstić information content (AvgIpc) is 2.35. The smallest absolute Gasteiger partial charge is 0.167 e. The molecule has 19 heavy (non-hydrogen) atoms. The van der Waals surface area contributed by atoms with Crippen LogP contribution in [0.15, 0.2) is 12.1 Å². The van der Waals surface area contributed by atoms with Crippen LogP contribution in [-0.2, 0) is 0 Å². The second kappa shape index (κ2) is 5.03. The van der Waals surface area contributed by atoms with Gasteiger partial charge in [-0.25, -0.2) is 4.39 Å². The molecule has 0 aliphatic carbocycles. The zero-order valence-corrected chi connectivity index (χ0v) is 12.0. The summed E-state index contributed by atoms with van der Waals surface area (Å²) in [6.07, 6.45) is 0. The summed E-state index contributed by atoms with van der Waals surface area (Å²) in [7, 11) is 3.34. The number of rotatable bonds is 3. The molecule has 0 radical (unpaired) electrons. The molecule has 0 atom stereocenters. The summed E-state index contributed by atoms with van der Waals surface area (Å²) < 4.78 is 18.8. The van der Waals surface area contributed by atoms with E-state index in [0.717, 1.165) is 22.3 Å². The van der Waals surface area contributed by atoms with Crippen LogP contribution in [0.4, 0.5) is 10.1 Å². The molecule has 1 N–H and O–H groups in total. The molecule has 1 aromatic carbocycles. The third-order valence-electron chi connectivity index (χ3n) is 3.31. The second-order valence-corrected chi connectivity index (χ2v) is 4.89. The topological polar surface area (TPSA) is 34.2 Å². The van der Waals surface area contributed by atoms with E-state index in [1.165, 1.54) is 13.2 Å². The van der Waals surface area contributed by atoms with E-state index in [0.29, 0.717) is 11.4 Å². The number of aromatic nitrogens is 1. The fraction of sp³-hybridized carbons (Fsp3) is 0.400. The Labute approximate surface area is 112 Å². The van der Waals surface area contributed by atoms with Crippen molar-refractivity contribution in [3.8, 4) is 5.75 Å². The van der Waals surface area contributed by atoms with Crippen LogP contribution in [0.5, 0.6) is 5.75 Å². The number of fused-ring (bicyclic) bond motifs is 1. The molecule has 0 aliphatic rings. The fourth-order valence-corrected chi connectivity index (χ4v) is 2.53. The molecule has 2 rings (SSSR count). The molecule has 0 saturated heterocycles. The maximum Gasteiger partial charge on any atom is 0.167 e. The predicted octanol–water partition coefficient (Wildman–Crippen LogP) is 3.86. The lowest BCUT2D eigenvalue weighted by Crippen LogP contribution is -2.04. The molecule has 102 valence electrons. The molecule has 0 bridgehead atoms. The van der Waals surface area contributed by atoms with Gasteiger partial charge in [0.05, 0.1) is 12.6 Å². The first-order chi connectivity index (χ1) is 8.99. The summed E-state index contributed by atoms with van der Waals surface area (Å²) >= 11 is 0. The van der Waals surface area contributed by atoms with Crippen LogP contribution in [0.1, 0.15) is 31.0 Å². The van der Waals surface area contributed by atoms with Gasteiger partial charge < -0.3 is 10.1 Å². The third kappa shape index (κ3) is 2.23. The van der Waals surface area contributed by atoms with Gasteiger partial charge >= 0.3 is 0 Å². The first kappa shape index (κ1) is 13.6. The van der Waals surface area contributed by atoms with E-state index in [1.807, 2.05) is 14.0 Å². The average molecular weight is 262 g/mol. The molecule has 0 fully saturated rings. The molecule has 1 heterocycles. The van der Waals surface area contributed by atoms with E-state index in [1.54, 1.807) is 6.07 Å². The van der Waals surface area contributed by atoms with Gasteiger partial charge in [-0.15, -0.1) is 0 Å². The third-order valence-corrected chi connectivity index (χ3v) is 3.31. The molecular formula is C15H19FN2O. The molecule has 0 amide bonds. The summed E-state index contributed by atoms with van der Waals surface area (Å²) in [5.74, 6) is 0.195. The van der Waals surface area contributed by atoms with Gasteiger partial charge in [-0.3, -0.25) is 4.98 Å². The van der Waals surface area contributed by atoms with Gasteiger partial charge in [-0.1, -0.05) is 13.8 Å². The standard InChI is InChI=1S/C15H19FN2O/c1-8(2)14-9(3)18-12-7-11(16)13(19-5)6-10(12)15(14)17-4/h6-8H,1-5H3,(H,17,18). The Morgan fingerprint density at radius 1 is 1.32 bits per heavy atom. The van der Waals surface area contributed by atoms with Crippen LogP contribution in [0.25, 0.3) is 10.9 Å². The minimum absolute atomic E-state index is 0.240. The number of halogens is 1.